The van der Waals surface area contributed by atoms with Gasteiger partial charge < -0.3 is 16.0 Å². The monoisotopic (exact) mass is 360 g/mol. The van der Waals surface area contributed by atoms with Crippen molar-refractivity contribution in [2.45, 2.75) is 6.42 Å². The third-order valence-corrected chi connectivity index (χ3v) is 3.83. The molecule has 0 bridgehead atoms. The molecule has 0 radical (unpaired) electrons. The number of rotatable bonds is 6. The molecule has 6 nitrogen and oxygen atoms in total. The molecule has 0 saturated carbocycles. The summed E-state index contributed by atoms with van der Waals surface area (Å²) in [6.45, 7) is 0.487. The molecule has 0 atom stereocenters. The van der Waals surface area contributed by atoms with E-state index in [1.807, 2.05) is 48.5 Å². The molecule has 136 valence electrons. The van der Waals surface area contributed by atoms with Crippen LogP contribution in [0.3, 0.4) is 0 Å². The van der Waals surface area contributed by atoms with E-state index in [-0.39, 0.29) is 11.9 Å². The van der Waals surface area contributed by atoms with Gasteiger partial charge in [-0.15, -0.1) is 0 Å². The van der Waals surface area contributed by atoms with Crippen LogP contribution in [0.4, 0.5) is 16.2 Å². The van der Waals surface area contributed by atoms with E-state index in [0.29, 0.717) is 24.2 Å². The van der Waals surface area contributed by atoms with Crippen molar-refractivity contribution in [2.24, 2.45) is 0 Å². The van der Waals surface area contributed by atoms with Gasteiger partial charge in [-0.1, -0.05) is 24.3 Å². The lowest BCUT2D eigenvalue weighted by Crippen LogP contribution is -2.30. The van der Waals surface area contributed by atoms with Gasteiger partial charge in [0.15, 0.2) is 0 Å². The number of hydrogen-bond acceptors (Lipinski definition) is 3. The summed E-state index contributed by atoms with van der Waals surface area (Å²) in [6, 6.07) is 21.4. The van der Waals surface area contributed by atoms with Crippen molar-refractivity contribution in [3.63, 3.8) is 0 Å². The summed E-state index contributed by atoms with van der Waals surface area (Å²) >= 11 is 0. The summed E-state index contributed by atoms with van der Waals surface area (Å²) < 4.78 is 0. The van der Waals surface area contributed by atoms with Crippen molar-refractivity contribution in [1.82, 2.24) is 10.3 Å². The van der Waals surface area contributed by atoms with Gasteiger partial charge in [-0.25, -0.2) is 4.79 Å². The van der Waals surface area contributed by atoms with E-state index in [9.17, 15) is 9.59 Å². The van der Waals surface area contributed by atoms with Crippen LogP contribution in [-0.2, 0) is 6.42 Å². The van der Waals surface area contributed by atoms with Crippen LogP contribution in [0.1, 0.15) is 16.1 Å². The number of carbonyl (C=O) groups excluding carboxylic acids is 2. The number of para-hydroxylation sites is 1. The molecule has 3 N–H and O–H groups in total. The third kappa shape index (κ3) is 5.67. The summed E-state index contributed by atoms with van der Waals surface area (Å²) in [7, 11) is 0. The molecule has 1 aromatic heterocycles. The van der Waals surface area contributed by atoms with Gasteiger partial charge in [0.1, 0.15) is 0 Å². The lowest BCUT2D eigenvalue weighted by Gasteiger charge is -2.09. The van der Waals surface area contributed by atoms with E-state index < -0.39 is 0 Å². The Morgan fingerprint density at radius 1 is 0.778 bits per heavy atom. The standard InChI is InChI=1S/C21H20N4O2/c26-20(24-18-7-2-1-3-8-18)16-9-11-19(12-10-16)25-21(27)23-15-13-17-6-4-5-14-22-17/h1-12,14H,13,15H2,(H,24,26)(H2,23,25,27). The summed E-state index contributed by atoms with van der Waals surface area (Å²) in [6.07, 6.45) is 2.39. The van der Waals surface area contributed by atoms with Gasteiger partial charge in [-0.05, 0) is 48.5 Å². The molecule has 0 aliphatic rings. The minimum absolute atomic E-state index is 0.201. The molecule has 6 heteroatoms. The molecule has 3 aromatic rings. The fraction of sp³-hybridized carbons (Fsp3) is 0.0952. The van der Waals surface area contributed by atoms with Gasteiger partial charge in [-0.3, -0.25) is 9.78 Å². The van der Waals surface area contributed by atoms with Gasteiger partial charge in [0, 0.05) is 41.8 Å². The number of urea groups is 1. The Balaban J connectivity index is 1.47. The molecule has 27 heavy (non-hydrogen) atoms. The highest BCUT2D eigenvalue weighted by molar-refractivity contribution is 6.04. The Morgan fingerprint density at radius 3 is 2.19 bits per heavy atom. The first-order valence-corrected chi connectivity index (χ1v) is 8.62. The first kappa shape index (κ1) is 18.1. The Morgan fingerprint density at radius 2 is 1.48 bits per heavy atom. The van der Waals surface area contributed by atoms with Crippen molar-refractivity contribution >= 4 is 23.3 Å². The molecular formula is C21H20N4O2. The largest absolute Gasteiger partial charge is 0.337 e. The highest BCUT2D eigenvalue weighted by Gasteiger charge is 2.07. The second-order valence-electron chi connectivity index (χ2n) is 5.85. The van der Waals surface area contributed by atoms with Gasteiger partial charge in [-0.2, -0.15) is 0 Å². The summed E-state index contributed by atoms with van der Waals surface area (Å²) in [5.41, 5.74) is 2.78. The number of amides is 3. The molecule has 0 aliphatic heterocycles. The smallest absolute Gasteiger partial charge is 0.319 e. The normalized spacial score (nSPS) is 10.1. The predicted molar refractivity (Wildman–Crippen MR) is 106 cm³/mol. The maximum absolute atomic E-state index is 12.2. The van der Waals surface area contributed by atoms with Gasteiger partial charge >= 0.3 is 6.03 Å². The minimum atomic E-state index is -0.299. The first-order chi connectivity index (χ1) is 13.2. The van der Waals surface area contributed by atoms with Gasteiger partial charge in [0.05, 0.1) is 0 Å². The fourth-order valence-corrected chi connectivity index (χ4v) is 2.46. The quantitative estimate of drug-likeness (QED) is 0.627. The topological polar surface area (TPSA) is 83.1 Å². The zero-order valence-electron chi connectivity index (χ0n) is 14.7. The fourth-order valence-electron chi connectivity index (χ4n) is 2.46. The second-order valence-corrected chi connectivity index (χ2v) is 5.85. The third-order valence-electron chi connectivity index (χ3n) is 3.83. The zero-order valence-corrected chi connectivity index (χ0v) is 14.7. The predicted octanol–water partition coefficient (Wildman–Crippen LogP) is 3.70. The SMILES string of the molecule is O=C(NCCc1ccccn1)Nc1ccc(C(=O)Nc2ccccc2)cc1. The molecule has 0 saturated heterocycles. The van der Waals surface area contributed by atoms with Crippen molar-refractivity contribution in [3.8, 4) is 0 Å². The van der Waals surface area contributed by atoms with Crippen LogP contribution < -0.4 is 16.0 Å². The average Bonchev–Trinajstić information content (AvgIpc) is 2.70. The van der Waals surface area contributed by atoms with Crippen LogP contribution >= 0.6 is 0 Å². The van der Waals surface area contributed by atoms with E-state index in [4.69, 9.17) is 0 Å². The maximum Gasteiger partial charge on any atom is 0.319 e. The van der Waals surface area contributed by atoms with Crippen LogP contribution in [0.15, 0.2) is 79.0 Å². The number of nitrogens with one attached hydrogen (secondary N) is 3. The maximum atomic E-state index is 12.2. The molecule has 3 amide bonds. The van der Waals surface area contributed by atoms with E-state index in [1.165, 1.54) is 0 Å². The van der Waals surface area contributed by atoms with Crippen molar-refractivity contribution in [1.29, 1.82) is 0 Å². The Hall–Kier alpha value is -3.67. The van der Waals surface area contributed by atoms with Crippen LogP contribution in [0, 0.1) is 0 Å². The van der Waals surface area contributed by atoms with E-state index >= 15 is 0 Å². The van der Waals surface area contributed by atoms with E-state index in [1.54, 1.807) is 30.5 Å². The minimum Gasteiger partial charge on any atom is -0.337 e. The molecule has 3 rings (SSSR count). The molecular weight excluding hydrogens is 340 g/mol. The van der Waals surface area contributed by atoms with Gasteiger partial charge in [0.2, 0.25) is 0 Å². The number of anilines is 2. The summed E-state index contributed by atoms with van der Waals surface area (Å²) in [4.78, 5) is 28.4. The van der Waals surface area contributed by atoms with Crippen LogP contribution in [0.2, 0.25) is 0 Å². The van der Waals surface area contributed by atoms with Crippen molar-refractivity contribution in [2.75, 3.05) is 17.2 Å². The summed E-state index contributed by atoms with van der Waals surface area (Å²) in [5, 5.41) is 8.34. The number of aromatic nitrogens is 1. The summed E-state index contributed by atoms with van der Waals surface area (Å²) in [5.74, 6) is -0.201. The number of benzene rings is 2. The molecule has 2 aromatic carbocycles. The highest BCUT2D eigenvalue weighted by Crippen LogP contribution is 2.12. The Bertz CT molecular complexity index is 881. The number of pyridine rings is 1. The van der Waals surface area contributed by atoms with E-state index in [2.05, 4.69) is 20.9 Å². The first-order valence-electron chi connectivity index (χ1n) is 8.62. The number of hydrogen-bond donors (Lipinski definition) is 3. The lowest BCUT2D eigenvalue weighted by atomic mass is 10.2. The lowest BCUT2D eigenvalue weighted by molar-refractivity contribution is 0.102. The molecule has 1 heterocycles. The second kappa shape index (κ2) is 9.15. The number of carbonyl (C=O) groups is 2. The Labute approximate surface area is 157 Å². The number of nitrogens with zero attached hydrogens (tertiary/aromatic N) is 1. The zero-order chi connectivity index (χ0) is 18.9. The molecule has 0 spiro atoms. The molecule has 0 unspecified atom stereocenters. The van der Waals surface area contributed by atoms with Crippen molar-refractivity contribution < 1.29 is 9.59 Å². The highest BCUT2D eigenvalue weighted by atomic mass is 16.2. The Kier molecular flexibility index (Phi) is 6.14. The van der Waals surface area contributed by atoms with Gasteiger partial charge in [0.25, 0.3) is 5.91 Å². The van der Waals surface area contributed by atoms with Crippen LogP contribution in [0.5, 0.6) is 0 Å². The van der Waals surface area contributed by atoms with Crippen LogP contribution in [0.25, 0.3) is 0 Å². The van der Waals surface area contributed by atoms with E-state index in [0.717, 1.165) is 11.4 Å². The van der Waals surface area contributed by atoms with Crippen molar-refractivity contribution in [3.05, 3.63) is 90.3 Å². The molecule has 0 fully saturated rings. The molecule has 0 aliphatic carbocycles. The van der Waals surface area contributed by atoms with Crippen LogP contribution in [-0.4, -0.2) is 23.5 Å². The average molecular weight is 360 g/mol.